The highest BCUT2D eigenvalue weighted by Crippen LogP contribution is 2.28. The van der Waals surface area contributed by atoms with Gasteiger partial charge in [0.25, 0.3) is 0 Å². The van der Waals surface area contributed by atoms with Gasteiger partial charge in [0.15, 0.2) is 0 Å². The topological polar surface area (TPSA) is 29.9 Å². The van der Waals surface area contributed by atoms with Crippen LogP contribution >= 0.6 is 15.9 Å². The molecule has 1 aromatic heterocycles. The van der Waals surface area contributed by atoms with E-state index in [1.165, 1.54) is 11.3 Å². The van der Waals surface area contributed by atoms with Crippen molar-refractivity contribution in [1.29, 1.82) is 0 Å². The van der Waals surface area contributed by atoms with Crippen LogP contribution in [0.5, 0.6) is 0 Å². The van der Waals surface area contributed by atoms with Gasteiger partial charge in [0.2, 0.25) is 0 Å². The molecule has 1 saturated heterocycles. The van der Waals surface area contributed by atoms with Crippen molar-refractivity contribution in [2.24, 2.45) is 5.92 Å². The molecule has 0 saturated carbocycles. The molecule has 0 spiro atoms. The normalized spacial score (nSPS) is 15.8. The van der Waals surface area contributed by atoms with E-state index in [1.54, 1.807) is 0 Å². The van der Waals surface area contributed by atoms with Gasteiger partial charge in [-0.1, -0.05) is 34.1 Å². The maximum atomic E-state index is 4.42. The van der Waals surface area contributed by atoms with Crippen LogP contribution in [0.1, 0.15) is 0 Å². The molecule has 2 aromatic rings. The summed E-state index contributed by atoms with van der Waals surface area (Å²) in [5.41, 5.74) is 2.39. The molecule has 17 heavy (non-hydrogen) atoms. The lowest BCUT2D eigenvalue weighted by Crippen LogP contribution is -2.44. The Morgan fingerprint density at radius 2 is 2.12 bits per heavy atom. The first kappa shape index (κ1) is 11.0. The summed E-state index contributed by atoms with van der Waals surface area (Å²) in [6.07, 6.45) is 1.88. The molecule has 0 amide bonds. The van der Waals surface area contributed by atoms with Crippen LogP contribution in [0, 0.1) is 5.92 Å². The Morgan fingerprint density at radius 3 is 2.82 bits per heavy atom. The zero-order valence-electron chi connectivity index (χ0n) is 9.44. The minimum Gasteiger partial charge on any atom is -0.316 e. The van der Waals surface area contributed by atoms with Crippen LogP contribution in [0.4, 0.5) is 0 Å². The number of halogens is 1. The highest BCUT2D eigenvalue weighted by molar-refractivity contribution is 9.10. The summed E-state index contributed by atoms with van der Waals surface area (Å²) < 4.78 is 3.22. The van der Waals surface area contributed by atoms with E-state index in [9.17, 15) is 0 Å². The fraction of sp³-hybridized carbons (Fsp3) is 0.308. The van der Waals surface area contributed by atoms with Crippen molar-refractivity contribution in [3.8, 4) is 11.3 Å². The van der Waals surface area contributed by atoms with Gasteiger partial charge >= 0.3 is 0 Å². The number of hydrogen-bond donors (Lipinski definition) is 1. The molecular formula is C13H14BrN3. The van der Waals surface area contributed by atoms with E-state index in [-0.39, 0.29) is 0 Å². The predicted octanol–water partition coefficient (Wildman–Crippen LogP) is 2.53. The Balaban J connectivity index is 1.92. The van der Waals surface area contributed by atoms with Crippen molar-refractivity contribution in [3.05, 3.63) is 41.0 Å². The van der Waals surface area contributed by atoms with Crippen molar-refractivity contribution in [3.63, 3.8) is 0 Å². The molecule has 1 N–H and O–H groups in total. The monoisotopic (exact) mass is 291 g/mol. The maximum Gasteiger partial charge on any atom is 0.0693 e. The van der Waals surface area contributed by atoms with Crippen molar-refractivity contribution >= 4 is 15.9 Å². The van der Waals surface area contributed by atoms with Gasteiger partial charge in [-0.25, -0.2) is 0 Å². The molecule has 1 aliphatic heterocycles. The van der Waals surface area contributed by atoms with Gasteiger partial charge in [-0.15, -0.1) is 0 Å². The first-order chi connectivity index (χ1) is 8.34. The molecule has 3 rings (SSSR count). The highest BCUT2D eigenvalue weighted by atomic mass is 79.9. The second-order valence-corrected chi connectivity index (χ2v) is 5.26. The van der Waals surface area contributed by atoms with Crippen LogP contribution in [-0.2, 0) is 6.54 Å². The summed E-state index contributed by atoms with van der Waals surface area (Å²) in [5, 5.41) is 7.72. The van der Waals surface area contributed by atoms with Gasteiger partial charge in [0, 0.05) is 41.8 Å². The van der Waals surface area contributed by atoms with Crippen LogP contribution in [0.15, 0.2) is 41.0 Å². The first-order valence-corrected chi connectivity index (χ1v) is 6.61. The third-order valence-electron chi connectivity index (χ3n) is 3.16. The molecule has 2 heterocycles. The predicted molar refractivity (Wildman–Crippen MR) is 71.7 cm³/mol. The van der Waals surface area contributed by atoms with Crippen LogP contribution < -0.4 is 5.32 Å². The zero-order valence-corrected chi connectivity index (χ0v) is 11.0. The highest BCUT2D eigenvalue weighted by Gasteiger charge is 2.19. The van der Waals surface area contributed by atoms with Gasteiger partial charge in [-0.05, 0) is 12.1 Å². The van der Waals surface area contributed by atoms with E-state index < -0.39 is 0 Å². The van der Waals surface area contributed by atoms with Crippen LogP contribution in [0.2, 0.25) is 0 Å². The molecule has 88 valence electrons. The SMILES string of the molecule is Brc1ccccc1-c1ccnn1CC1CNC1. The second-order valence-electron chi connectivity index (χ2n) is 4.40. The first-order valence-electron chi connectivity index (χ1n) is 5.82. The largest absolute Gasteiger partial charge is 0.316 e. The summed E-state index contributed by atoms with van der Waals surface area (Å²) in [5.74, 6) is 0.719. The molecule has 0 unspecified atom stereocenters. The Hall–Kier alpha value is -1.13. The number of rotatable bonds is 3. The lowest BCUT2D eigenvalue weighted by molar-refractivity contribution is 0.297. The maximum absolute atomic E-state index is 4.42. The number of hydrogen-bond acceptors (Lipinski definition) is 2. The average Bonchev–Trinajstić information content (AvgIpc) is 2.72. The van der Waals surface area contributed by atoms with Crippen molar-refractivity contribution in [1.82, 2.24) is 15.1 Å². The minimum atomic E-state index is 0.719. The fourth-order valence-corrected chi connectivity index (χ4v) is 2.59. The Bertz CT molecular complexity index is 517. The number of aromatic nitrogens is 2. The molecule has 1 aromatic carbocycles. The average molecular weight is 292 g/mol. The van der Waals surface area contributed by atoms with Crippen molar-refractivity contribution in [2.75, 3.05) is 13.1 Å². The summed E-state index contributed by atoms with van der Waals surface area (Å²) in [6.45, 7) is 3.21. The second kappa shape index (κ2) is 4.63. The van der Waals surface area contributed by atoms with Crippen molar-refractivity contribution in [2.45, 2.75) is 6.54 Å². The lowest BCUT2D eigenvalue weighted by Gasteiger charge is -2.27. The lowest BCUT2D eigenvalue weighted by atomic mass is 10.0. The van der Waals surface area contributed by atoms with E-state index in [0.717, 1.165) is 30.0 Å². The number of nitrogens with one attached hydrogen (secondary N) is 1. The van der Waals surface area contributed by atoms with Gasteiger partial charge in [0.05, 0.1) is 5.69 Å². The summed E-state index contributed by atoms with van der Waals surface area (Å²) in [6, 6.07) is 10.4. The van der Waals surface area contributed by atoms with E-state index in [1.807, 2.05) is 12.3 Å². The van der Waals surface area contributed by atoms with Gasteiger partial charge in [-0.2, -0.15) is 5.10 Å². The molecular weight excluding hydrogens is 278 g/mol. The molecule has 1 fully saturated rings. The van der Waals surface area contributed by atoms with E-state index in [2.05, 4.69) is 55.3 Å². The fourth-order valence-electron chi connectivity index (χ4n) is 2.10. The Kier molecular flexibility index (Phi) is 2.99. The quantitative estimate of drug-likeness (QED) is 0.942. The summed E-state index contributed by atoms with van der Waals surface area (Å²) >= 11 is 3.60. The van der Waals surface area contributed by atoms with E-state index in [4.69, 9.17) is 0 Å². The standard InChI is InChI=1S/C13H14BrN3/c14-12-4-2-1-3-11(12)13-5-6-16-17(13)9-10-7-15-8-10/h1-6,10,15H,7-9H2. The van der Waals surface area contributed by atoms with E-state index >= 15 is 0 Å². The van der Waals surface area contributed by atoms with Crippen LogP contribution in [0.3, 0.4) is 0 Å². The van der Waals surface area contributed by atoms with Gasteiger partial charge in [0.1, 0.15) is 0 Å². The Morgan fingerprint density at radius 1 is 1.29 bits per heavy atom. The molecule has 4 heteroatoms. The Labute approximate surface area is 109 Å². The molecule has 0 atom stereocenters. The van der Waals surface area contributed by atoms with E-state index in [0.29, 0.717) is 0 Å². The third kappa shape index (κ3) is 2.15. The van der Waals surface area contributed by atoms with Crippen LogP contribution in [0.25, 0.3) is 11.3 Å². The molecule has 0 aliphatic carbocycles. The third-order valence-corrected chi connectivity index (χ3v) is 3.86. The number of nitrogens with zero attached hydrogens (tertiary/aromatic N) is 2. The smallest absolute Gasteiger partial charge is 0.0693 e. The summed E-state index contributed by atoms with van der Waals surface area (Å²) in [7, 11) is 0. The van der Waals surface area contributed by atoms with Gasteiger partial charge < -0.3 is 5.32 Å². The summed E-state index contributed by atoms with van der Waals surface area (Å²) in [4.78, 5) is 0. The minimum absolute atomic E-state index is 0.719. The molecule has 1 aliphatic rings. The van der Waals surface area contributed by atoms with Crippen molar-refractivity contribution < 1.29 is 0 Å². The zero-order chi connectivity index (χ0) is 11.7. The number of benzene rings is 1. The van der Waals surface area contributed by atoms with Gasteiger partial charge in [-0.3, -0.25) is 4.68 Å². The molecule has 0 bridgehead atoms. The molecule has 0 radical (unpaired) electrons. The van der Waals surface area contributed by atoms with Crippen LogP contribution in [-0.4, -0.2) is 22.9 Å². The molecule has 3 nitrogen and oxygen atoms in total.